The van der Waals surface area contributed by atoms with Crippen molar-refractivity contribution in [1.82, 2.24) is 9.21 Å². The Labute approximate surface area is 194 Å². The molecule has 9 heteroatoms. The van der Waals surface area contributed by atoms with Crippen LogP contribution >= 0.6 is 0 Å². The first-order chi connectivity index (χ1) is 15.7. The van der Waals surface area contributed by atoms with Crippen LogP contribution in [0.1, 0.15) is 42.6 Å². The minimum Gasteiger partial charge on any atom is -0.373 e. The molecule has 2 unspecified atom stereocenters. The number of amides is 2. The van der Waals surface area contributed by atoms with E-state index in [2.05, 4.69) is 5.32 Å². The van der Waals surface area contributed by atoms with Crippen LogP contribution in [0.2, 0.25) is 0 Å². The molecule has 0 spiro atoms. The maximum absolute atomic E-state index is 13.0. The zero-order valence-electron chi connectivity index (χ0n) is 18.9. The summed E-state index contributed by atoms with van der Waals surface area (Å²) in [6, 6.07) is 13.4. The number of benzene rings is 2. The first-order valence-electron chi connectivity index (χ1n) is 11.2. The molecule has 8 nitrogen and oxygen atoms in total. The number of hydrogen-bond acceptors (Lipinski definition) is 5. The van der Waals surface area contributed by atoms with Crippen molar-refractivity contribution in [2.45, 2.75) is 50.3 Å². The summed E-state index contributed by atoms with van der Waals surface area (Å²) in [7, 11) is -3.66. The molecule has 4 rings (SSSR count). The van der Waals surface area contributed by atoms with Crippen LogP contribution in [-0.2, 0) is 26.1 Å². The van der Waals surface area contributed by atoms with Crippen molar-refractivity contribution in [2.75, 3.05) is 25.0 Å². The van der Waals surface area contributed by atoms with Gasteiger partial charge < -0.3 is 15.0 Å². The summed E-state index contributed by atoms with van der Waals surface area (Å²) in [5.41, 5.74) is 1.92. The highest BCUT2D eigenvalue weighted by atomic mass is 32.2. The third-order valence-corrected chi connectivity index (χ3v) is 7.72. The Bertz CT molecular complexity index is 1120. The van der Waals surface area contributed by atoms with Crippen LogP contribution in [0.15, 0.2) is 53.4 Å². The Balaban J connectivity index is 1.42. The lowest BCUT2D eigenvalue weighted by atomic mass is 10.1. The van der Waals surface area contributed by atoms with Crippen LogP contribution in [0.25, 0.3) is 0 Å². The van der Waals surface area contributed by atoms with Crippen LogP contribution in [0, 0.1) is 0 Å². The predicted octanol–water partition coefficient (Wildman–Crippen LogP) is 2.86. The fourth-order valence-corrected chi connectivity index (χ4v) is 5.89. The van der Waals surface area contributed by atoms with Crippen molar-refractivity contribution in [3.63, 3.8) is 0 Å². The number of likely N-dealkylation sites (tertiary alicyclic amines) is 1. The second-order valence-electron chi connectivity index (χ2n) is 8.68. The summed E-state index contributed by atoms with van der Waals surface area (Å²) in [4.78, 5) is 26.5. The van der Waals surface area contributed by atoms with E-state index >= 15 is 0 Å². The number of anilines is 1. The molecule has 2 heterocycles. The molecule has 1 N–H and O–H groups in total. The molecule has 2 saturated heterocycles. The molecule has 176 valence electrons. The fourth-order valence-electron chi connectivity index (χ4n) is 4.30. The molecule has 2 aromatic carbocycles. The Morgan fingerprint density at radius 3 is 2.42 bits per heavy atom. The number of nitrogens with zero attached hydrogens (tertiary/aromatic N) is 2. The van der Waals surface area contributed by atoms with Gasteiger partial charge in [-0.05, 0) is 62.2 Å². The van der Waals surface area contributed by atoms with E-state index in [9.17, 15) is 18.0 Å². The number of nitrogens with one attached hydrogen (secondary N) is 1. The van der Waals surface area contributed by atoms with E-state index in [4.69, 9.17) is 4.74 Å². The zero-order chi connectivity index (χ0) is 23.6. The highest BCUT2D eigenvalue weighted by molar-refractivity contribution is 7.89. The number of rotatable bonds is 6. The van der Waals surface area contributed by atoms with Crippen LogP contribution in [0.5, 0.6) is 0 Å². The molecule has 0 saturated carbocycles. The summed E-state index contributed by atoms with van der Waals surface area (Å²) in [6.45, 7) is 5.58. The summed E-state index contributed by atoms with van der Waals surface area (Å²) in [5, 5.41) is 2.85. The Morgan fingerprint density at radius 2 is 1.79 bits per heavy atom. The van der Waals surface area contributed by atoms with E-state index in [0.717, 1.165) is 18.5 Å². The minimum atomic E-state index is -3.66. The lowest BCUT2D eigenvalue weighted by molar-refractivity contribution is -0.128. The summed E-state index contributed by atoms with van der Waals surface area (Å²) >= 11 is 0. The van der Waals surface area contributed by atoms with E-state index in [1.165, 1.54) is 28.6 Å². The molecule has 0 aromatic heterocycles. The molecule has 2 aliphatic rings. The van der Waals surface area contributed by atoms with Crippen molar-refractivity contribution in [1.29, 1.82) is 0 Å². The minimum absolute atomic E-state index is 0.151. The van der Waals surface area contributed by atoms with Gasteiger partial charge in [-0.1, -0.05) is 12.1 Å². The van der Waals surface area contributed by atoms with Crippen LogP contribution in [-0.4, -0.2) is 61.3 Å². The van der Waals surface area contributed by atoms with Gasteiger partial charge in [0.25, 0.3) is 5.91 Å². The maximum atomic E-state index is 13.0. The van der Waals surface area contributed by atoms with Gasteiger partial charge >= 0.3 is 0 Å². The third kappa shape index (κ3) is 5.43. The predicted molar refractivity (Wildman–Crippen MR) is 124 cm³/mol. The monoisotopic (exact) mass is 471 g/mol. The van der Waals surface area contributed by atoms with Crippen molar-refractivity contribution < 1.29 is 22.7 Å². The molecular formula is C24H29N3O5S. The van der Waals surface area contributed by atoms with E-state index in [1.807, 2.05) is 36.9 Å². The molecule has 2 amide bonds. The first-order valence-corrected chi connectivity index (χ1v) is 12.6. The highest BCUT2D eigenvalue weighted by Gasteiger charge is 2.32. The van der Waals surface area contributed by atoms with Gasteiger partial charge in [0.15, 0.2) is 0 Å². The Hall–Kier alpha value is -2.75. The number of carbonyl (C=O) groups is 2. The normalized spacial score (nSPS) is 21.9. The van der Waals surface area contributed by atoms with Gasteiger partial charge in [-0.2, -0.15) is 4.31 Å². The van der Waals surface area contributed by atoms with Crippen LogP contribution in [0.3, 0.4) is 0 Å². The molecule has 0 aliphatic carbocycles. The molecular weight excluding hydrogens is 442 g/mol. The van der Waals surface area contributed by atoms with Crippen molar-refractivity contribution >= 4 is 27.5 Å². The van der Waals surface area contributed by atoms with Crippen molar-refractivity contribution in [3.8, 4) is 0 Å². The highest BCUT2D eigenvalue weighted by Crippen LogP contribution is 2.22. The SMILES string of the molecule is CC1CN(S(=O)(=O)c2ccc(C(=O)Nc3cccc(CN4CCCC4=O)c3)cc2)CC(C)O1. The second kappa shape index (κ2) is 9.62. The second-order valence-corrected chi connectivity index (χ2v) is 10.6. The van der Waals surface area contributed by atoms with Crippen molar-refractivity contribution in [3.05, 3.63) is 59.7 Å². The van der Waals surface area contributed by atoms with Gasteiger partial charge in [-0.25, -0.2) is 8.42 Å². The lowest BCUT2D eigenvalue weighted by Crippen LogP contribution is -2.48. The Morgan fingerprint density at radius 1 is 1.09 bits per heavy atom. The summed E-state index contributed by atoms with van der Waals surface area (Å²) in [5.74, 6) is -0.178. The largest absolute Gasteiger partial charge is 0.373 e. The fraction of sp³-hybridized carbons (Fsp3) is 0.417. The summed E-state index contributed by atoms with van der Waals surface area (Å²) in [6.07, 6.45) is 1.12. The molecule has 2 aliphatic heterocycles. The molecule has 0 bridgehead atoms. The lowest BCUT2D eigenvalue weighted by Gasteiger charge is -2.34. The van der Waals surface area contributed by atoms with E-state index in [1.54, 1.807) is 6.07 Å². The quantitative estimate of drug-likeness (QED) is 0.699. The molecule has 33 heavy (non-hydrogen) atoms. The average Bonchev–Trinajstić information content (AvgIpc) is 3.17. The van der Waals surface area contributed by atoms with Gasteiger partial charge in [0.2, 0.25) is 15.9 Å². The third-order valence-electron chi connectivity index (χ3n) is 5.87. The van der Waals surface area contributed by atoms with E-state index < -0.39 is 10.0 Å². The topological polar surface area (TPSA) is 96.0 Å². The zero-order valence-corrected chi connectivity index (χ0v) is 19.7. The van der Waals surface area contributed by atoms with Gasteiger partial charge in [-0.15, -0.1) is 0 Å². The van der Waals surface area contributed by atoms with Gasteiger partial charge in [0.05, 0.1) is 17.1 Å². The van der Waals surface area contributed by atoms with Crippen molar-refractivity contribution in [2.24, 2.45) is 0 Å². The van der Waals surface area contributed by atoms with E-state index in [-0.39, 0.29) is 28.9 Å². The number of hydrogen-bond donors (Lipinski definition) is 1. The molecule has 2 fully saturated rings. The van der Waals surface area contributed by atoms with E-state index in [0.29, 0.717) is 37.3 Å². The molecule has 0 radical (unpaired) electrons. The summed E-state index contributed by atoms with van der Waals surface area (Å²) < 4.78 is 33.0. The number of sulfonamides is 1. The van der Waals surface area contributed by atoms with Gasteiger partial charge in [0.1, 0.15) is 0 Å². The number of ether oxygens (including phenoxy) is 1. The Kier molecular flexibility index (Phi) is 6.83. The number of carbonyl (C=O) groups excluding carboxylic acids is 2. The number of morpholine rings is 1. The molecule has 2 atom stereocenters. The van der Waals surface area contributed by atoms with Gasteiger partial charge in [-0.3, -0.25) is 9.59 Å². The van der Waals surface area contributed by atoms with Crippen LogP contribution in [0.4, 0.5) is 5.69 Å². The smallest absolute Gasteiger partial charge is 0.255 e. The maximum Gasteiger partial charge on any atom is 0.255 e. The standard InChI is InChI=1S/C24H29N3O5S/c1-17-14-27(15-18(2)32-17)33(30,31)22-10-8-20(9-11-22)24(29)25-21-6-3-5-19(13-21)16-26-12-4-7-23(26)28/h3,5-6,8-11,13,17-18H,4,7,12,14-16H2,1-2H3,(H,25,29). The first kappa shape index (κ1) is 23.4. The average molecular weight is 472 g/mol. The van der Waals surface area contributed by atoms with Gasteiger partial charge in [0, 0.05) is 43.9 Å². The molecule has 2 aromatic rings. The van der Waals surface area contributed by atoms with Crippen LogP contribution < -0.4 is 5.32 Å².